The normalized spacial score (nSPS) is 27.3. The van der Waals surface area contributed by atoms with E-state index in [2.05, 4.69) is 12.2 Å². The van der Waals surface area contributed by atoms with Crippen molar-refractivity contribution in [1.82, 2.24) is 10.2 Å². The van der Waals surface area contributed by atoms with Crippen molar-refractivity contribution in [3.63, 3.8) is 0 Å². The average molecular weight is 274 g/mol. The number of hydrogen-bond donors (Lipinski definition) is 1. The lowest BCUT2D eigenvalue weighted by atomic mass is 9.84. The fourth-order valence-corrected chi connectivity index (χ4v) is 3.02. The van der Waals surface area contributed by atoms with Gasteiger partial charge in [-0.2, -0.15) is 0 Å². The summed E-state index contributed by atoms with van der Waals surface area (Å²) in [5, 5.41) is 3.29. The van der Waals surface area contributed by atoms with E-state index in [0.717, 1.165) is 25.9 Å². The molecule has 1 aliphatic carbocycles. The van der Waals surface area contributed by atoms with Crippen molar-refractivity contribution in [2.24, 2.45) is 5.92 Å². The summed E-state index contributed by atoms with van der Waals surface area (Å²) in [6.45, 7) is 3.64. The molecule has 1 aliphatic heterocycles. The van der Waals surface area contributed by atoms with Crippen LogP contribution in [0.15, 0.2) is 0 Å². The first-order valence-electron chi connectivity index (χ1n) is 7.21. The second-order valence-corrected chi connectivity index (χ2v) is 6.27. The van der Waals surface area contributed by atoms with Crippen molar-refractivity contribution >= 4 is 5.91 Å². The molecule has 0 radical (unpaired) electrons. The van der Waals surface area contributed by atoms with Gasteiger partial charge in [0.15, 0.2) is 0 Å². The fraction of sp³-hybridized carbons (Fsp3) is 0.929. The molecule has 2 rings (SSSR count). The monoisotopic (exact) mass is 274 g/mol. The SMILES string of the molecule is CNC1(C)CCN(C(=O)C2CCC(F)(F)CC2)CC1. The van der Waals surface area contributed by atoms with Crippen molar-refractivity contribution in [3.8, 4) is 0 Å². The molecule has 19 heavy (non-hydrogen) atoms. The van der Waals surface area contributed by atoms with E-state index in [1.807, 2.05) is 11.9 Å². The molecule has 1 heterocycles. The quantitative estimate of drug-likeness (QED) is 0.838. The Hall–Kier alpha value is -0.710. The van der Waals surface area contributed by atoms with Crippen molar-refractivity contribution in [2.45, 2.75) is 56.9 Å². The van der Waals surface area contributed by atoms with Gasteiger partial charge in [0.1, 0.15) is 0 Å². The van der Waals surface area contributed by atoms with Crippen LogP contribution in [0.3, 0.4) is 0 Å². The number of likely N-dealkylation sites (tertiary alicyclic amines) is 1. The number of rotatable bonds is 2. The van der Waals surface area contributed by atoms with Crippen molar-refractivity contribution in [2.75, 3.05) is 20.1 Å². The van der Waals surface area contributed by atoms with Gasteiger partial charge in [-0.15, -0.1) is 0 Å². The van der Waals surface area contributed by atoms with E-state index in [1.165, 1.54) is 0 Å². The fourth-order valence-electron chi connectivity index (χ4n) is 3.02. The van der Waals surface area contributed by atoms with Gasteiger partial charge in [0.25, 0.3) is 0 Å². The topological polar surface area (TPSA) is 32.3 Å². The third kappa shape index (κ3) is 3.44. The van der Waals surface area contributed by atoms with Crippen LogP contribution in [-0.2, 0) is 4.79 Å². The summed E-state index contributed by atoms with van der Waals surface area (Å²) in [5.41, 5.74) is 0.108. The molecule has 1 saturated heterocycles. The minimum atomic E-state index is -2.55. The highest BCUT2D eigenvalue weighted by Gasteiger charge is 2.39. The summed E-state index contributed by atoms with van der Waals surface area (Å²) in [4.78, 5) is 14.2. The molecule has 2 aliphatic rings. The van der Waals surface area contributed by atoms with Crippen LogP contribution in [0.5, 0.6) is 0 Å². The first-order chi connectivity index (χ1) is 8.85. The lowest BCUT2D eigenvalue weighted by Crippen LogP contribution is -2.52. The van der Waals surface area contributed by atoms with E-state index in [4.69, 9.17) is 0 Å². The zero-order chi connectivity index (χ0) is 14.1. The van der Waals surface area contributed by atoms with E-state index >= 15 is 0 Å². The highest BCUT2D eigenvalue weighted by Crippen LogP contribution is 2.37. The Balaban J connectivity index is 1.85. The Morgan fingerprint density at radius 3 is 2.16 bits per heavy atom. The maximum Gasteiger partial charge on any atom is 0.248 e. The number of carbonyl (C=O) groups excluding carboxylic acids is 1. The smallest absolute Gasteiger partial charge is 0.248 e. The molecule has 2 fully saturated rings. The van der Waals surface area contributed by atoms with Gasteiger partial charge in [0.2, 0.25) is 11.8 Å². The van der Waals surface area contributed by atoms with Gasteiger partial charge >= 0.3 is 0 Å². The minimum absolute atomic E-state index is 0.0913. The van der Waals surface area contributed by atoms with Gasteiger partial charge in [-0.1, -0.05) is 0 Å². The molecule has 1 saturated carbocycles. The Morgan fingerprint density at radius 2 is 1.68 bits per heavy atom. The summed E-state index contributed by atoms with van der Waals surface area (Å²) >= 11 is 0. The van der Waals surface area contributed by atoms with Gasteiger partial charge in [0.05, 0.1) is 0 Å². The third-order valence-corrected chi connectivity index (χ3v) is 4.85. The van der Waals surface area contributed by atoms with Crippen molar-refractivity contribution in [3.05, 3.63) is 0 Å². The maximum atomic E-state index is 13.1. The van der Waals surface area contributed by atoms with Crippen LogP contribution < -0.4 is 5.32 Å². The number of amides is 1. The molecule has 1 N–H and O–H groups in total. The summed E-state index contributed by atoms with van der Waals surface area (Å²) in [7, 11) is 1.95. The maximum absolute atomic E-state index is 13.1. The van der Waals surface area contributed by atoms with Crippen LogP contribution >= 0.6 is 0 Å². The van der Waals surface area contributed by atoms with E-state index in [1.54, 1.807) is 0 Å². The van der Waals surface area contributed by atoms with Gasteiger partial charge in [-0.05, 0) is 39.7 Å². The van der Waals surface area contributed by atoms with Crippen molar-refractivity contribution < 1.29 is 13.6 Å². The summed E-state index contributed by atoms with van der Waals surface area (Å²) in [6, 6.07) is 0. The molecular weight excluding hydrogens is 250 g/mol. The average Bonchev–Trinajstić information content (AvgIpc) is 2.39. The molecule has 0 aromatic rings. The van der Waals surface area contributed by atoms with Crippen molar-refractivity contribution in [1.29, 1.82) is 0 Å². The predicted molar refractivity (Wildman–Crippen MR) is 70.2 cm³/mol. The second-order valence-electron chi connectivity index (χ2n) is 6.27. The molecule has 0 aromatic heterocycles. The number of nitrogens with zero attached hydrogens (tertiary/aromatic N) is 1. The molecule has 0 unspecified atom stereocenters. The number of nitrogens with one attached hydrogen (secondary N) is 1. The van der Waals surface area contributed by atoms with Crippen LogP contribution in [0.1, 0.15) is 45.4 Å². The molecule has 0 aromatic carbocycles. The highest BCUT2D eigenvalue weighted by atomic mass is 19.3. The molecule has 0 spiro atoms. The van der Waals surface area contributed by atoms with Crippen LogP contribution in [0.4, 0.5) is 8.78 Å². The van der Waals surface area contributed by atoms with E-state index < -0.39 is 5.92 Å². The number of hydrogen-bond acceptors (Lipinski definition) is 2. The van der Waals surface area contributed by atoms with Crippen LogP contribution in [0, 0.1) is 5.92 Å². The molecule has 110 valence electrons. The lowest BCUT2D eigenvalue weighted by molar-refractivity contribution is -0.141. The third-order valence-electron chi connectivity index (χ3n) is 4.85. The summed E-state index contributed by atoms with van der Waals surface area (Å²) in [6.07, 6.45) is 2.27. The van der Waals surface area contributed by atoms with Gasteiger partial charge < -0.3 is 10.2 Å². The van der Waals surface area contributed by atoms with E-state index in [9.17, 15) is 13.6 Å². The molecule has 3 nitrogen and oxygen atoms in total. The van der Waals surface area contributed by atoms with E-state index in [-0.39, 0.29) is 30.2 Å². The van der Waals surface area contributed by atoms with Gasteiger partial charge in [-0.3, -0.25) is 4.79 Å². The molecule has 5 heteroatoms. The predicted octanol–water partition coefficient (Wildman–Crippen LogP) is 2.41. The number of halogens is 2. The first kappa shape index (κ1) is 14.7. The van der Waals surface area contributed by atoms with Crippen LogP contribution in [0.25, 0.3) is 0 Å². The molecule has 0 atom stereocenters. The highest BCUT2D eigenvalue weighted by molar-refractivity contribution is 5.79. The summed E-state index contributed by atoms with van der Waals surface area (Å²) in [5.74, 6) is -2.64. The number of alkyl halides is 2. The molecule has 1 amide bonds. The Morgan fingerprint density at radius 1 is 1.16 bits per heavy atom. The van der Waals surface area contributed by atoms with E-state index in [0.29, 0.717) is 12.8 Å². The lowest BCUT2D eigenvalue weighted by Gasteiger charge is -2.41. The Labute approximate surface area is 113 Å². The zero-order valence-electron chi connectivity index (χ0n) is 11.8. The largest absolute Gasteiger partial charge is 0.342 e. The minimum Gasteiger partial charge on any atom is -0.342 e. The van der Waals surface area contributed by atoms with Crippen LogP contribution in [-0.4, -0.2) is 42.4 Å². The Bertz CT molecular complexity index is 328. The number of carbonyl (C=O) groups is 1. The standard InChI is InChI=1S/C14H24F2N2O/c1-13(17-2)7-9-18(10-8-13)12(19)11-3-5-14(15,16)6-4-11/h11,17H,3-10H2,1-2H3. The van der Waals surface area contributed by atoms with Crippen LogP contribution in [0.2, 0.25) is 0 Å². The molecule has 0 bridgehead atoms. The number of piperidine rings is 1. The summed E-state index contributed by atoms with van der Waals surface area (Å²) < 4.78 is 26.2. The van der Waals surface area contributed by atoms with Gasteiger partial charge in [-0.25, -0.2) is 8.78 Å². The van der Waals surface area contributed by atoms with Gasteiger partial charge in [0, 0.05) is 37.4 Å². The zero-order valence-corrected chi connectivity index (χ0v) is 11.8. The molecular formula is C14H24F2N2O. The Kier molecular flexibility index (Phi) is 4.14. The second kappa shape index (κ2) is 5.35. The first-order valence-corrected chi connectivity index (χ1v) is 7.21.